The Hall–Kier alpha value is -4.46. The molecule has 0 amide bonds. The molecule has 0 aliphatic rings. The first-order valence-electron chi connectivity index (χ1n) is 10.7. The van der Waals surface area contributed by atoms with Gasteiger partial charge in [0.15, 0.2) is 5.75 Å². The molecule has 35 heavy (non-hydrogen) atoms. The molecule has 4 aromatic rings. The Balaban J connectivity index is 1.74. The highest BCUT2D eigenvalue weighted by atomic mass is 19.1. The molecule has 0 unspecified atom stereocenters. The Labute approximate surface area is 200 Å². The fourth-order valence-corrected chi connectivity index (χ4v) is 3.36. The zero-order valence-electron chi connectivity index (χ0n) is 18.5. The number of ether oxygens (including phenoxy) is 3. The van der Waals surface area contributed by atoms with E-state index in [1.54, 1.807) is 91.0 Å². The van der Waals surface area contributed by atoms with E-state index in [1.807, 2.05) is 0 Å². The molecular weight excluding hydrogens is 456 g/mol. The summed E-state index contributed by atoms with van der Waals surface area (Å²) in [5, 5.41) is 11.9. The van der Waals surface area contributed by atoms with Crippen LogP contribution < -0.4 is 14.2 Å². The van der Waals surface area contributed by atoms with Crippen molar-refractivity contribution in [2.24, 2.45) is 0 Å². The monoisotopic (exact) mass is 477 g/mol. The third-order valence-electron chi connectivity index (χ3n) is 5.09. The van der Waals surface area contributed by atoms with Crippen molar-refractivity contribution >= 4 is 5.69 Å². The maximum absolute atomic E-state index is 15.5. The lowest BCUT2D eigenvalue weighted by Gasteiger charge is -2.17. The fourth-order valence-electron chi connectivity index (χ4n) is 3.36. The van der Waals surface area contributed by atoms with Gasteiger partial charge in [-0.15, -0.1) is 0 Å². The van der Waals surface area contributed by atoms with Gasteiger partial charge in [0.2, 0.25) is 23.1 Å². The van der Waals surface area contributed by atoms with E-state index >= 15 is 8.78 Å². The van der Waals surface area contributed by atoms with E-state index in [1.165, 1.54) is 0 Å². The van der Waals surface area contributed by atoms with Gasteiger partial charge in [0.1, 0.15) is 19.8 Å². The lowest BCUT2D eigenvalue weighted by atomic mass is 10.2. The van der Waals surface area contributed by atoms with E-state index in [0.717, 1.165) is 0 Å². The predicted molar refractivity (Wildman–Crippen MR) is 125 cm³/mol. The van der Waals surface area contributed by atoms with Crippen LogP contribution >= 0.6 is 0 Å². The molecule has 0 atom stereocenters. The largest absolute Gasteiger partial charge is 0.483 e. The molecule has 8 heteroatoms. The number of rotatable bonds is 10. The number of nitro benzene ring substituents is 1. The van der Waals surface area contributed by atoms with Crippen molar-refractivity contribution in [2.45, 2.75) is 19.8 Å². The average molecular weight is 477 g/mol. The molecule has 0 bridgehead atoms. The number of benzene rings is 4. The van der Waals surface area contributed by atoms with Crippen molar-refractivity contribution in [1.82, 2.24) is 0 Å². The summed E-state index contributed by atoms with van der Waals surface area (Å²) < 4.78 is 47.4. The number of nitrogens with zero attached hydrogens (tertiary/aromatic N) is 1. The zero-order chi connectivity index (χ0) is 24.6. The van der Waals surface area contributed by atoms with Crippen LogP contribution in [0.1, 0.15) is 16.7 Å². The Morgan fingerprint density at radius 3 is 1.20 bits per heavy atom. The van der Waals surface area contributed by atoms with Gasteiger partial charge in [0.25, 0.3) is 0 Å². The number of hydrogen-bond donors (Lipinski definition) is 0. The van der Waals surface area contributed by atoms with Crippen molar-refractivity contribution in [3.8, 4) is 17.2 Å². The number of hydrogen-bond acceptors (Lipinski definition) is 5. The predicted octanol–water partition coefficient (Wildman–Crippen LogP) is 6.61. The Morgan fingerprint density at radius 2 is 0.886 bits per heavy atom. The Bertz CT molecular complexity index is 1210. The smallest absolute Gasteiger partial charge is 0.358 e. The molecule has 0 N–H and O–H groups in total. The topological polar surface area (TPSA) is 70.8 Å². The average Bonchev–Trinajstić information content (AvgIpc) is 2.89. The third-order valence-corrected chi connectivity index (χ3v) is 5.09. The highest BCUT2D eigenvalue weighted by Crippen LogP contribution is 2.47. The minimum absolute atomic E-state index is 0.164. The summed E-state index contributed by atoms with van der Waals surface area (Å²) in [5.41, 5.74) is 0.996. The second-order valence-electron chi connectivity index (χ2n) is 7.54. The van der Waals surface area contributed by atoms with Crippen LogP contribution in [0.4, 0.5) is 14.5 Å². The number of nitro groups is 1. The minimum atomic E-state index is -1.31. The van der Waals surface area contributed by atoms with Crippen LogP contribution in [0.15, 0.2) is 91.0 Å². The van der Waals surface area contributed by atoms with Crippen LogP contribution in [0.2, 0.25) is 0 Å². The van der Waals surface area contributed by atoms with Crippen molar-refractivity contribution in [3.05, 3.63) is 129 Å². The summed E-state index contributed by atoms with van der Waals surface area (Å²) in [7, 11) is 0. The lowest BCUT2D eigenvalue weighted by molar-refractivity contribution is -0.387. The van der Waals surface area contributed by atoms with Crippen LogP contribution in [-0.4, -0.2) is 4.92 Å². The van der Waals surface area contributed by atoms with Gasteiger partial charge in [-0.1, -0.05) is 91.0 Å². The highest BCUT2D eigenvalue weighted by molar-refractivity contribution is 5.63. The molecular formula is C27H21F2NO5. The van der Waals surface area contributed by atoms with Gasteiger partial charge < -0.3 is 14.2 Å². The van der Waals surface area contributed by atoms with Crippen LogP contribution in [0.3, 0.4) is 0 Å². The maximum Gasteiger partial charge on any atom is 0.358 e. The second-order valence-corrected chi connectivity index (χ2v) is 7.54. The molecule has 0 saturated carbocycles. The first kappa shape index (κ1) is 23.7. The van der Waals surface area contributed by atoms with Gasteiger partial charge in [0, 0.05) is 0 Å². The molecule has 0 aliphatic carbocycles. The summed E-state index contributed by atoms with van der Waals surface area (Å²) in [4.78, 5) is 11.0. The Kier molecular flexibility index (Phi) is 7.52. The summed E-state index contributed by atoms with van der Waals surface area (Å²) in [5.74, 6) is -4.95. The Morgan fingerprint density at radius 1 is 0.571 bits per heavy atom. The molecule has 4 rings (SSSR count). The van der Waals surface area contributed by atoms with E-state index in [0.29, 0.717) is 16.7 Å². The summed E-state index contributed by atoms with van der Waals surface area (Å²) in [6, 6.07) is 26.2. The molecule has 0 radical (unpaired) electrons. The highest BCUT2D eigenvalue weighted by Gasteiger charge is 2.36. The van der Waals surface area contributed by atoms with E-state index in [4.69, 9.17) is 14.2 Å². The molecule has 4 aromatic carbocycles. The summed E-state index contributed by atoms with van der Waals surface area (Å²) >= 11 is 0. The summed E-state index contributed by atoms with van der Waals surface area (Å²) in [6.07, 6.45) is 0. The van der Waals surface area contributed by atoms with Gasteiger partial charge in [0.05, 0.1) is 4.92 Å². The van der Waals surface area contributed by atoms with Crippen LogP contribution in [0.25, 0.3) is 0 Å². The zero-order valence-corrected chi connectivity index (χ0v) is 18.5. The van der Waals surface area contributed by atoms with E-state index < -0.39 is 39.5 Å². The van der Waals surface area contributed by atoms with E-state index in [9.17, 15) is 10.1 Å². The van der Waals surface area contributed by atoms with Crippen molar-refractivity contribution in [2.75, 3.05) is 0 Å². The minimum Gasteiger partial charge on any atom is -0.483 e. The van der Waals surface area contributed by atoms with Gasteiger partial charge >= 0.3 is 5.69 Å². The number of halogens is 2. The second kappa shape index (κ2) is 11.1. The quantitative estimate of drug-likeness (QED) is 0.190. The molecule has 6 nitrogen and oxygen atoms in total. The van der Waals surface area contributed by atoms with Crippen molar-refractivity contribution in [3.63, 3.8) is 0 Å². The van der Waals surface area contributed by atoms with Gasteiger partial charge in [-0.2, -0.15) is 8.78 Å². The SMILES string of the molecule is O=[N+]([O-])c1c(OCc2ccccc2)c(F)c(OCc2ccccc2)c(F)c1OCc1ccccc1. The normalized spacial score (nSPS) is 10.6. The van der Waals surface area contributed by atoms with Crippen molar-refractivity contribution < 1.29 is 27.9 Å². The molecule has 0 heterocycles. The third kappa shape index (κ3) is 5.73. The van der Waals surface area contributed by atoms with Crippen LogP contribution in [-0.2, 0) is 19.8 Å². The summed E-state index contributed by atoms with van der Waals surface area (Å²) in [6.45, 7) is -0.524. The standard InChI is InChI=1S/C27H21F2NO5/c28-22-25(33-16-19-10-4-1-5-11-19)23(29)27(35-18-21-14-8-3-9-15-21)24(30(31)32)26(22)34-17-20-12-6-2-7-13-20/h1-15H,16-18H2. The first-order chi connectivity index (χ1) is 17.0. The van der Waals surface area contributed by atoms with E-state index in [2.05, 4.69) is 0 Å². The molecule has 0 aliphatic heterocycles. The lowest BCUT2D eigenvalue weighted by Crippen LogP contribution is -2.10. The van der Waals surface area contributed by atoms with Crippen molar-refractivity contribution in [1.29, 1.82) is 0 Å². The maximum atomic E-state index is 15.5. The fraction of sp³-hybridized carbons (Fsp3) is 0.111. The van der Waals surface area contributed by atoms with Gasteiger partial charge in [-0.25, -0.2) is 0 Å². The van der Waals surface area contributed by atoms with Crippen LogP contribution in [0, 0.1) is 21.7 Å². The molecule has 0 aromatic heterocycles. The first-order valence-corrected chi connectivity index (χ1v) is 10.7. The molecule has 0 saturated heterocycles. The molecule has 0 spiro atoms. The van der Waals surface area contributed by atoms with Gasteiger partial charge in [-0.3, -0.25) is 10.1 Å². The van der Waals surface area contributed by atoms with Gasteiger partial charge in [-0.05, 0) is 16.7 Å². The molecule has 0 fully saturated rings. The van der Waals surface area contributed by atoms with Crippen LogP contribution in [0.5, 0.6) is 17.2 Å². The molecule has 178 valence electrons. The van der Waals surface area contributed by atoms with E-state index in [-0.39, 0.29) is 19.8 Å².